The van der Waals surface area contributed by atoms with E-state index >= 15 is 0 Å². The summed E-state index contributed by atoms with van der Waals surface area (Å²) in [5, 5.41) is 5.26. The highest BCUT2D eigenvalue weighted by atomic mass is 79.9. The summed E-state index contributed by atoms with van der Waals surface area (Å²) < 4.78 is 2.53. The highest BCUT2D eigenvalue weighted by molar-refractivity contribution is 9.10. The summed E-state index contributed by atoms with van der Waals surface area (Å²) in [6.07, 6.45) is 4.87. The molecule has 2 aromatic rings. The van der Waals surface area contributed by atoms with Gasteiger partial charge in [0.25, 0.3) is 0 Å². The monoisotopic (exact) mass is 366 g/mol. The van der Waals surface area contributed by atoms with Crippen LogP contribution >= 0.6 is 15.9 Å². The number of nitrogens with two attached hydrogens (primary N) is 1. The maximum absolute atomic E-state index is 12.1. The summed E-state index contributed by atoms with van der Waals surface area (Å²) in [7, 11) is 0. The van der Waals surface area contributed by atoms with Crippen molar-refractivity contribution < 1.29 is 4.79 Å². The molecule has 1 unspecified atom stereocenters. The minimum atomic E-state index is 0.123. The molecule has 3 rings (SSSR count). The molecule has 0 spiro atoms. The van der Waals surface area contributed by atoms with Crippen molar-refractivity contribution in [3.8, 4) is 0 Å². The van der Waals surface area contributed by atoms with E-state index in [0.717, 1.165) is 31.2 Å². The first kappa shape index (κ1) is 15.2. The molecule has 0 bridgehead atoms. The van der Waals surface area contributed by atoms with Crippen molar-refractivity contribution in [2.45, 2.75) is 38.6 Å². The van der Waals surface area contributed by atoms with E-state index in [0.29, 0.717) is 29.0 Å². The molecular weight excluding hydrogens is 348 g/mol. The Bertz CT molecular complexity index is 700. The quantitative estimate of drug-likeness (QED) is 0.898. The smallest absolute Gasteiger partial charge is 0.222 e. The Morgan fingerprint density at radius 1 is 1.50 bits per heavy atom. The summed E-state index contributed by atoms with van der Waals surface area (Å²) in [5.41, 5.74) is 6.63. The maximum Gasteiger partial charge on any atom is 0.222 e. The second kappa shape index (κ2) is 6.20. The number of hydrogen-bond acceptors (Lipinski definition) is 5. The van der Waals surface area contributed by atoms with E-state index in [-0.39, 0.29) is 11.9 Å². The van der Waals surface area contributed by atoms with Gasteiger partial charge in [-0.25, -0.2) is 14.6 Å². The third kappa shape index (κ3) is 2.67. The molecule has 1 atom stereocenters. The van der Waals surface area contributed by atoms with Crippen LogP contribution in [-0.4, -0.2) is 43.6 Å². The molecule has 0 aliphatic carbocycles. The number of nitrogen functional groups attached to an aromatic ring is 1. The second-order valence-corrected chi connectivity index (χ2v) is 6.33. The fourth-order valence-electron chi connectivity index (χ4n) is 2.96. The van der Waals surface area contributed by atoms with Crippen molar-refractivity contribution in [3.63, 3.8) is 0 Å². The van der Waals surface area contributed by atoms with E-state index in [1.54, 1.807) is 0 Å². The molecular formula is C14H19BrN6O. The number of aromatic nitrogens is 4. The summed E-state index contributed by atoms with van der Waals surface area (Å²) in [6, 6.07) is 0.123. The number of likely N-dealkylation sites (tertiary alicyclic amines) is 1. The molecule has 0 aromatic carbocycles. The number of carbonyl (C=O) groups is 1. The van der Waals surface area contributed by atoms with Gasteiger partial charge in [0.05, 0.1) is 11.4 Å². The zero-order chi connectivity index (χ0) is 15.7. The van der Waals surface area contributed by atoms with Gasteiger partial charge in [0.15, 0.2) is 5.65 Å². The Morgan fingerprint density at radius 2 is 2.32 bits per heavy atom. The number of fused-ring (bicyclic) bond motifs is 1. The van der Waals surface area contributed by atoms with Gasteiger partial charge in [-0.2, -0.15) is 5.10 Å². The number of anilines is 1. The van der Waals surface area contributed by atoms with Crippen LogP contribution in [0.15, 0.2) is 10.9 Å². The van der Waals surface area contributed by atoms with Gasteiger partial charge in [-0.05, 0) is 35.2 Å². The topological polar surface area (TPSA) is 89.9 Å². The van der Waals surface area contributed by atoms with Crippen LogP contribution in [0.2, 0.25) is 0 Å². The van der Waals surface area contributed by atoms with Crippen LogP contribution in [-0.2, 0) is 4.79 Å². The summed E-state index contributed by atoms with van der Waals surface area (Å²) in [5.74, 6) is 0.634. The molecule has 8 heteroatoms. The maximum atomic E-state index is 12.1. The predicted octanol–water partition coefficient (Wildman–Crippen LogP) is 2.13. The van der Waals surface area contributed by atoms with E-state index in [9.17, 15) is 4.79 Å². The van der Waals surface area contributed by atoms with Crippen LogP contribution in [0.1, 0.15) is 38.6 Å². The average molecular weight is 367 g/mol. The number of nitrogens with zero attached hydrogens (tertiary/aromatic N) is 5. The van der Waals surface area contributed by atoms with Crippen LogP contribution in [0, 0.1) is 0 Å². The third-order valence-corrected chi connectivity index (χ3v) is 4.59. The first-order chi connectivity index (χ1) is 10.6. The van der Waals surface area contributed by atoms with E-state index in [2.05, 4.69) is 31.0 Å². The summed E-state index contributed by atoms with van der Waals surface area (Å²) in [4.78, 5) is 22.4. The van der Waals surface area contributed by atoms with Gasteiger partial charge in [0, 0.05) is 19.5 Å². The lowest BCUT2D eigenvalue weighted by atomic mass is 10.1. The van der Waals surface area contributed by atoms with Crippen molar-refractivity contribution in [3.05, 3.63) is 10.9 Å². The van der Waals surface area contributed by atoms with Gasteiger partial charge < -0.3 is 10.6 Å². The van der Waals surface area contributed by atoms with Crippen LogP contribution in [0.25, 0.3) is 11.0 Å². The standard InChI is InChI=1S/C14H19BrN6O/c1-2-4-10(22)20-6-3-5-9(7-20)21-14-11(12(15)19-21)13(16)17-8-18-14/h8-9H,2-7H2,1H3,(H2,16,17,18). The molecule has 0 saturated carbocycles. The van der Waals surface area contributed by atoms with Crippen molar-refractivity contribution in [2.24, 2.45) is 0 Å². The Hall–Kier alpha value is -1.70. The first-order valence-electron chi connectivity index (χ1n) is 7.53. The van der Waals surface area contributed by atoms with Crippen LogP contribution in [0.3, 0.4) is 0 Å². The predicted molar refractivity (Wildman–Crippen MR) is 87.2 cm³/mol. The molecule has 3 heterocycles. The highest BCUT2D eigenvalue weighted by Gasteiger charge is 2.27. The highest BCUT2D eigenvalue weighted by Crippen LogP contribution is 2.30. The van der Waals surface area contributed by atoms with Crippen molar-refractivity contribution in [1.82, 2.24) is 24.6 Å². The van der Waals surface area contributed by atoms with Crippen LogP contribution in [0.5, 0.6) is 0 Å². The molecule has 118 valence electrons. The minimum absolute atomic E-state index is 0.123. The largest absolute Gasteiger partial charge is 0.383 e. The summed E-state index contributed by atoms with van der Waals surface area (Å²) in [6.45, 7) is 3.52. The van der Waals surface area contributed by atoms with E-state index in [1.807, 2.05) is 16.5 Å². The zero-order valence-electron chi connectivity index (χ0n) is 12.5. The Morgan fingerprint density at radius 3 is 3.09 bits per heavy atom. The molecule has 1 fully saturated rings. The summed E-state index contributed by atoms with van der Waals surface area (Å²) >= 11 is 3.43. The average Bonchev–Trinajstić information content (AvgIpc) is 2.86. The molecule has 2 aromatic heterocycles. The first-order valence-corrected chi connectivity index (χ1v) is 8.33. The van der Waals surface area contributed by atoms with Crippen molar-refractivity contribution >= 4 is 38.7 Å². The van der Waals surface area contributed by atoms with Crippen LogP contribution in [0.4, 0.5) is 5.82 Å². The fraction of sp³-hybridized carbons (Fsp3) is 0.571. The SMILES string of the molecule is CCCC(=O)N1CCCC(n2nc(Br)c3c(N)ncnc32)C1. The van der Waals surface area contributed by atoms with Crippen molar-refractivity contribution in [1.29, 1.82) is 0 Å². The fourth-order valence-corrected chi connectivity index (χ4v) is 3.51. The number of carbonyl (C=O) groups excluding carboxylic acids is 1. The lowest BCUT2D eigenvalue weighted by molar-refractivity contribution is -0.132. The lowest BCUT2D eigenvalue weighted by Gasteiger charge is -2.33. The molecule has 0 radical (unpaired) electrons. The van der Waals surface area contributed by atoms with Gasteiger partial charge in [-0.15, -0.1) is 0 Å². The van der Waals surface area contributed by atoms with E-state index in [4.69, 9.17) is 5.73 Å². The van der Waals surface area contributed by atoms with Gasteiger partial charge in [-0.1, -0.05) is 6.92 Å². The molecule has 22 heavy (non-hydrogen) atoms. The Labute approximate surface area is 137 Å². The zero-order valence-corrected chi connectivity index (χ0v) is 14.1. The molecule has 1 aliphatic rings. The van der Waals surface area contributed by atoms with E-state index in [1.165, 1.54) is 6.33 Å². The number of halogens is 1. The molecule has 1 aliphatic heterocycles. The second-order valence-electron chi connectivity index (χ2n) is 5.58. The number of rotatable bonds is 3. The van der Waals surface area contributed by atoms with Gasteiger partial charge in [0.2, 0.25) is 5.91 Å². The third-order valence-electron chi connectivity index (χ3n) is 4.03. The van der Waals surface area contributed by atoms with Gasteiger partial charge in [0.1, 0.15) is 16.7 Å². The number of amides is 1. The van der Waals surface area contributed by atoms with Crippen molar-refractivity contribution in [2.75, 3.05) is 18.8 Å². The lowest BCUT2D eigenvalue weighted by Crippen LogP contribution is -2.40. The Balaban J connectivity index is 1.91. The van der Waals surface area contributed by atoms with Gasteiger partial charge >= 0.3 is 0 Å². The normalized spacial score (nSPS) is 18.8. The number of hydrogen-bond donors (Lipinski definition) is 1. The van der Waals surface area contributed by atoms with Crippen LogP contribution < -0.4 is 5.73 Å². The molecule has 1 saturated heterocycles. The number of piperidine rings is 1. The molecule has 2 N–H and O–H groups in total. The Kier molecular flexibility index (Phi) is 4.28. The van der Waals surface area contributed by atoms with Gasteiger partial charge in [-0.3, -0.25) is 4.79 Å². The van der Waals surface area contributed by atoms with E-state index < -0.39 is 0 Å². The molecule has 1 amide bonds. The minimum Gasteiger partial charge on any atom is -0.383 e. The molecule has 7 nitrogen and oxygen atoms in total.